The Balaban J connectivity index is 2.28. The molecule has 0 aliphatic heterocycles. The molecule has 21 heavy (non-hydrogen) atoms. The topological polar surface area (TPSA) is 77.2 Å². The molecule has 0 radical (unpaired) electrons. The van der Waals surface area contributed by atoms with Gasteiger partial charge in [-0.25, -0.2) is 9.48 Å². The molecule has 1 heterocycles. The van der Waals surface area contributed by atoms with Crippen LogP contribution in [0.2, 0.25) is 0 Å². The first-order valence-corrected chi connectivity index (χ1v) is 6.87. The van der Waals surface area contributed by atoms with Crippen molar-refractivity contribution < 1.29 is 14.6 Å². The molecule has 0 aliphatic carbocycles. The van der Waals surface area contributed by atoms with Gasteiger partial charge in [0.1, 0.15) is 0 Å². The smallest absolute Gasteiger partial charge is 0.358 e. The highest BCUT2D eigenvalue weighted by molar-refractivity contribution is 5.86. The Bertz CT molecular complexity index is 605. The number of ether oxygens (including phenoxy) is 1. The molecule has 0 spiro atoms. The van der Waals surface area contributed by atoms with Crippen LogP contribution in [0.25, 0.3) is 5.69 Å². The van der Waals surface area contributed by atoms with Crippen LogP contribution in [0.3, 0.4) is 0 Å². The summed E-state index contributed by atoms with van der Waals surface area (Å²) in [5.41, 5.74) is 2.61. The minimum absolute atomic E-state index is 0.0213. The van der Waals surface area contributed by atoms with Crippen molar-refractivity contribution in [3.05, 3.63) is 41.2 Å². The van der Waals surface area contributed by atoms with E-state index in [0.29, 0.717) is 18.7 Å². The van der Waals surface area contributed by atoms with Gasteiger partial charge < -0.3 is 9.84 Å². The van der Waals surface area contributed by atoms with Crippen LogP contribution in [0.4, 0.5) is 0 Å². The molecule has 0 aliphatic rings. The normalized spacial score (nSPS) is 10.8. The van der Waals surface area contributed by atoms with Gasteiger partial charge in [0.25, 0.3) is 0 Å². The summed E-state index contributed by atoms with van der Waals surface area (Å²) in [6, 6.07) is 7.75. The molecule has 112 valence electrons. The molecule has 0 amide bonds. The molecule has 0 atom stereocenters. The Labute approximate surface area is 123 Å². The van der Waals surface area contributed by atoms with Crippen molar-refractivity contribution in [3.63, 3.8) is 0 Å². The molecular formula is C15H19N3O3. The maximum Gasteiger partial charge on any atom is 0.358 e. The van der Waals surface area contributed by atoms with Crippen molar-refractivity contribution in [2.75, 3.05) is 13.7 Å². The van der Waals surface area contributed by atoms with Gasteiger partial charge >= 0.3 is 5.97 Å². The fourth-order valence-electron chi connectivity index (χ4n) is 2.12. The van der Waals surface area contributed by atoms with Crippen molar-refractivity contribution in [2.24, 2.45) is 0 Å². The highest BCUT2D eigenvalue weighted by Gasteiger charge is 2.19. The molecule has 0 saturated carbocycles. The first-order chi connectivity index (χ1) is 10.1. The van der Waals surface area contributed by atoms with E-state index in [0.717, 1.165) is 24.1 Å². The second kappa shape index (κ2) is 6.99. The van der Waals surface area contributed by atoms with Gasteiger partial charge in [-0.05, 0) is 38.3 Å². The van der Waals surface area contributed by atoms with Gasteiger partial charge in [-0.1, -0.05) is 22.9 Å². The van der Waals surface area contributed by atoms with Gasteiger partial charge in [0.05, 0.1) is 11.4 Å². The Hall–Kier alpha value is -2.21. The predicted molar refractivity (Wildman–Crippen MR) is 77.9 cm³/mol. The number of carboxylic acids is 1. The van der Waals surface area contributed by atoms with E-state index in [2.05, 4.69) is 10.3 Å². The molecule has 1 N–H and O–H groups in total. The second-order valence-corrected chi connectivity index (χ2v) is 4.89. The third-order valence-corrected chi connectivity index (χ3v) is 3.26. The monoisotopic (exact) mass is 289 g/mol. The number of carboxylic acid groups (broad SMARTS) is 1. The Kier molecular flexibility index (Phi) is 5.05. The fraction of sp³-hybridized carbons (Fsp3) is 0.400. The van der Waals surface area contributed by atoms with E-state index < -0.39 is 5.97 Å². The van der Waals surface area contributed by atoms with E-state index in [-0.39, 0.29) is 5.69 Å². The van der Waals surface area contributed by atoms with Gasteiger partial charge in [-0.3, -0.25) is 0 Å². The van der Waals surface area contributed by atoms with Crippen LogP contribution in [0.5, 0.6) is 0 Å². The summed E-state index contributed by atoms with van der Waals surface area (Å²) in [5, 5.41) is 17.0. The number of hydrogen-bond donors (Lipinski definition) is 1. The van der Waals surface area contributed by atoms with Gasteiger partial charge in [-0.15, -0.1) is 5.10 Å². The summed E-state index contributed by atoms with van der Waals surface area (Å²) in [4.78, 5) is 11.3. The number of aryl methyl sites for hydroxylation is 1. The zero-order chi connectivity index (χ0) is 15.2. The van der Waals surface area contributed by atoms with Crippen LogP contribution >= 0.6 is 0 Å². The van der Waals surface area contributed by atoms with E-state index in [1.54, 1.807) is 11.8 Å². The van der Waals surface area contributed by atoms with Crippen LogP contribution in [-0.4, -0.2) is 39.8 Å². The van der Waals surface area contributed by atoms with Crippen molar-refractivity contribution in [3.8, 4) is 5.69 Å². The SMILES string of the molecule is COCCCCc1c(C(=O)O)nnn1-c1ccc(C)cc1. The third kappa shape index (κ3) is 3.66. The van der Waals surface area contributed by atoms with E-state index in [9.17, 15) is 9.90 Å². The first kappa shape index (κ1) is 15.2. The molecule has 2 rings (SSSR count). The minimum atomic E-state index is -1.05. The lowest BCUT2D eigenvalue weighted by Gasteiger charge is -2.07. The van der Waals surface area contributed by atoms with E-state index >= 15 is 0 Å². The quantitative estimate of drug-likeness (QED) is 0.791. The average Bonchev–Trinajstić information content (AvgIpc) is 2.88. The van der Waals surface area contributed by atoms with Crippen molar-refractivity contribution in [2.45, 2.75) is 26.2 Å². The van der Waals surface area contributed by atoms with Crippen LogP contribution in [0.1, 0.15) is 34.6 Å². The average molecular weight is 289 g/mol. The zero-order valence-corrected chi connectivity index (χ0v) is 12.2. The van der Waals surface area contributed by atoms with Crippen LogP contribution in [-0.2, 0) is 11.2 Å². The molecule has 6 nitrogen and oxygen atoms in total. The number of methoxy groups -OCH3 is 1. The Morgan fingerprint density at radius 2 is 2.00 bits per heavy atom. The predicted octanol–water partition coefficient (Wildman–Crippen LogP) is 2.24. The largest absolute Gasteiger partial charge is 0.476 e. The standard InChI is InChI=1S/C15H19N3O3/c1-11-6-8-12(9-7-11)18-13(5-3-4-10-21-2)14(15(19)20)16-17-18/h6-9H,3-5,10H2,1-2H3,(H,19,20). The number of aromatic carboxylic acids is 1. The molecular weight excluding hydrogens is 270 g/mol. The molecule has 6 heteroatoms. The van der Waals surface area contributed by atoms with Crippen LogP contribution in [0, 0.1) is 6.92 Å². The number of aromatic nitrogens is 3. The molecule has 0 bridgehead atoms. The Morgan fingerprint density at radius 1 is 1.29 bits per heavy atom. The molecule has 1 aromatic carbocycles. The fourth-order valence-corrected chi connectivity index (χ4v) is 2.12. The minimum Gasteiger partial charge on any atom is -0.476 e. The van der Waals surface area contributed by atoms with Crippen LogP contribution in [0.15, 0.2) is 24.3 Å². The lowest BCUT2D eigenvalue weighted by molar-refractivity contribution is 0.0689. The van der Waals surface area contributed by atoms with E-state index in [1.807, 2.05) is 31.2 Å². The second-order valence-electron chi connectivity index (χ2n) is 4.89. The number of unbranched alkanes of at least 4 members (excludes halogenated alkanes) is 1. The number of benzene rings is 1. The summed E-state index contributed by atoms with van der Waals surface area (Å²) >= 11 is 0. The first-order valence-electron chi connectivity index (χ1n) is 6.87. The summed E-state index contributed by atoms with van der Waals surface area (Å²) in [5.74, 6) is -1.05. The maximum absolute atomic E-state index is 11.3. The summed E-state index contributed by atoms with van der Waals surface area (Å²) < 4.78 is 6.62. The highest BCUT2D eigenvalue weighted by atomic mass is 16.5. The van der Waals surface area contributed by atoms with Gasteiger partial charge in [0.15, 0.2) is 5.69 Å². The maximum atomic E-state index is 11.3. The zero-order valence-electron chi connectivity index (χ0n) is 12.2. The Morgan fingerprint density at radius 3 is 2.62 bits per heavy atom. The summed E-state index contributed by atoms with van der Waals surface area (Å²) in [6.45, 7) is 2.66. The van der Waals surface area contributed by atoms with Gasteiger partial charge in [-0.2, -0.15) is 0 Å². The highest BCUT2D eigenvalue weighted by Crippen LogP contribution is 2.16. The van der Waals surface area contributed by atoms with E-state index in [1.165, 1.54) is 0 Å². The molecule has 1 aromatic heterocycles. The molecule has 0 saturated heterocycles. The summed E-state index contributed by atoms with van der Waals surface area (Å²) in [7, 11) is 1.65. The summed E-state index contributed by atoms with van der Waals surface area (Å²) in [6.07, 6.45) is 2.30. The lowest BCUT2D eigenvalue weighted by atomic mass is 10.1. The molecule has 0 fully saturated rings. The van der Waals surface area contributed by atoms with E-state index in [4.69, 9.17) is 4.74 Å². The van der Waals surface area contributed by atoms with Gasteiger partial charge in [0.2, 0.25) is 0 Å². The lowest BCUT2D eigenvalue weighted by Crippen LogP contribution is -2.07. The number of rotatable bonds is 7. The van der Waals surface area contributed by atoms with Crippen molar-refractivity contribution in [1.29, 1.82) is 0 Å². The third-order valence-electron chi connectivity index (χ3n) is 3.26. The van der Waals surface area contributed by atoms with Gasteiger partial charge in [0, 0.05) is 13.7 Å². The number of carbonyl (C=O) groups is 1. The molecule has 2 aromatic rings. The van der Waals surface area contributed by atoms with Crippen LogP contribution < -0.4 is 0 Å². The molecule has 0 unspecified atom stereocenters. The number of hydrogen-bond acceptors (Lipinski definition) is 4. The number of nitrogens with zero attached hydrogens (tertiary/aromatic N) is 3. The van der Waals surface area contributed by atoms with Crippen molar-refractivity contribution in [1.82, 2.24) is 15.0 Å². The van der Waals surface area contributed by atoms with Crippen molar-refractivity contribution >= 4 is 5.97 Å².